The van der Waals surface area contributed by atoms with Crippen LogP contribution in [-0.4, -0.2) is 66.0 Å². The van der Waals surface area contributed by atoms with Crippen molar-refractivity contribution in [3.05, 3.63) is 66.0 Å². The number of aromatic nitrogens is 2. The molecule has 0 saturated carbocycles. The fraction of sp³-hybridized carbons (Fsp3) is 0.448. The summed E-state index contributed by atoms with van der Waals surface area (Å²) in [5.41, 5.74) is 3.27. The molecular formula is C29H40N6O4S. The van der Waals surface area contributed by atoms with E-state index < -0.39 is 10.0 Å². The number of unbranched alkanes of at least 4 members (excludes halogenated alkanes) is 1. The molecule has 0 aliphatic carbocycles. The second-order valence-corrected chi connectivity index (χ2v) is 12.2. The van der Waals surface area contributed by atoms with E-state index in [1.807, 2.05) is 37.2 Å². The maximum absolute atomic E-state index is 13.2. The van der Waals surface area contributed by atoms with Crippen molar-refractivity contribution in [3.8, 4) is 11.5 Å². The summed E-state index contributed by atoms with van der Waals surface area (Å²) in [6, 6.07) is 15.0. The number of rotatable bonds is 11. The fourth-order valence-electron chi connectivity index (χ4n) is 4.94. The van der Waals surface area contributed by atoms with Crippen LogP contribution in [0.1, 0.15) is 43.9 Å². The summed E-state index contributed by atoms with van der Waals surface area (Å²) in [5.74, 6) is 1.34. The van der Waals surface area contributed by atoms with Crippen molar-refractivity contribution in [2.75, 3.05) is 35.9 Å². The highest BCUT2D eigenvalue weighted by Gasteiger charge is 2.28. The van der Waals surface area contributed by atoms with Gasteiger partial charge in [0.1, 0.15) is 11.5 Å². The van der Waals surface area contributed by atoms with Gasteiger partial charge in [-0.05, 0) is 68.1 Å². The lowest BCUT2D eigenvalue weighted by atomic mass is 10.0. The molecule has 0 unspecified atom stereocenters. The number of benzene rings is 2. The van der Waals surface area contributed by atoms with Gasteiger partial charge in [-0.3, -0.25) is 14.3 Å². The zero-order valence-corrected chi connectivity index (χ0v) is 24.6. The molecule has 0 radical (unpaired) electrons. The number of ether oxygens (including phenoxy) is 1. The van der Waals surface area contributed by atoms with Gasteiger partial charge in [-0.2, -0.15) is 5.10 Å². The van der Waals surface area contributed by atoms with Gasteiger partial charge in [0.25, 0.3) is 0 Å². The predicted octanol–water partition coefficient (Wildman–Crippen LogP) is 5.19. The molecule has 3 aromatic rings. The Kier molecular flexibility index (Phi) is 9.70. The maximum Gasteiger partial charge on any atom is 0.322 e. The van der Waals surface area contributed by atoms with Gasteiger partial charge in [-0.1, -0.05) is 25.5 Å². The van der Waals surface area contributed by atoms with Gasteiger partial charge in [0.15, 0.2) is 0 Å². The van der Waals surface area contributed by atoms with Crippen LogP contribution in [0.3, 0.4) is 0 Å². The molecule has 4 rings (SSSR count). The molecule has 1 fully saturated rings. The van der Waals surface area contributed by atoms with Gasteiger partial charge < -0.3 is 15.0 Å². The number of aryl methyl sites for hydroxylation is 2. The first-order chi connectivity index (χ1) is 19.1. The lowest BCUT2D eigenvalue weighted by Crippen LogP contribution is -2.49. The summed E-state index contributed by atoms with van der Waals surface area (Å²) in [6.07, 6.45) is 6.87. The van der Waals surface area contributed by atoms with Crippen LogP contribution in [0.15, 0.2) is 54.7 Å². The summed E-state index contributed by atoms with van der Waals surface area (Å²) in [6.45, 7) is 7.51. The molecule has 1 aliphatic rings. The number of nitrogens with one attached hydrogen (secondary N) is 2. The molecule has 10 nitrogen and oxygen atoms in total. The Labute approximate surface area is 237 Å². The van der Waals surface area contributed by atoms with Crippen LogP contribution in [0.2, 0.25) is 0 Å². The van der Waals surface area contributed by atoms with E-state index in [-0.39, 0.29) is 12.1 Å². The molecule has 1 aliphatic heterocycles. The Morgan fingerprint density at radius 2 is 1.70 bits per heavy atom. The van der Waals surface area contributed by atoms with Crippen molar-refractivity contribution < 1.29 is 17.9 Å². The zero-order chi connectivity index (χ0) is 28.7. The normalized spacial score (nSPS) is 14.6. The third-order valence-corrected chi connectivity index (χ3v) is 7.60. The summed E-state index contributed by atoms with van der Waals surface area (Å²) in [7, 11) is -1.46. The molecule has 0 atom stereocenters. The number of hydrogen-bond donors (Lipinski definition) is 2. The van der Waals surface area contributed by atoms with Crippen molar-refractivity contribution in [2.24, 2.45) is 7.05 Å². The molecule has 0 spiro atoms. The molecule has 2 N–H and O–H groups in total. The van der Waals surface area contributed by atoms with E-state index in [1.165, 1.54) is 5.56 Å². The highest BCUT2D eigenvalue weighted by molar-refractivity contribution is 7.92. The fourth-order valence-corrected chi connectivity index (χ4v) is 5.50. The number of urea groups is 1. The van der Waals surface area contributed by atoms with Crippen LogP contribution in [0.5, 0.6) is 11.5 Å². The second-order valence-electron chi connectivity index (χ2n) is 10.4. The second kappa shape index (κ2) is 13.2. The molecule has 1 saturated heterocycles. The number of carbonyl (C=O) groups is 1. The highest BCUT2D eigenvalue weighted by Crippen LogP contribution is 2.25. The van der Waals surface area contributed by atoms with Crippen LogP contribution < -0.4 is 14.8 Å². The average molecular weight is 569 g/mol. The summed E-state index contributed by atoms with van der Waals surface area (Å²) in [4.78, 5) is 17.7. The number of likely N-dealkylation sites (tertiary alicyclic amines) is 1. The molecule has 0 bridgehead atoms. The van der Waals surface area contributed by atoms with E-state index >= 15 is 0 Å². The molecule has 40 heavy (non-hydrogen) atoms. The summed E-state index contributed by atoms with van der Waals surface area (Å²) < 4.78 is 32.8. The molecule has 2 heterocycles. The molecule has 216 valence electrons. The van der Waals surface area contributed by atoms with Crippen LogP contribution in [0, 0.1) is 6.92 Å². The van der Waals surface area contributed by atoms with Crippen molar-refractivity contribution in [2.45, 2.75) is 52.1 Å². The number of amides is 2. The minimum Gasteiger partial charge on any atom is -0.457 e. The number of nitrogens with zero attached hydrogens (tertiary/aromatic N) is 4. The van der Waals surface area contributed by atoms with Crippen LogP contribution in [-0.2, 0) is 23.6 Å². The van der Waals surface area contributed by atoms with E-state index in [0.717, 1.165) is 69.5 Å². The van der Waals surface area contributed by atoms with Crippen LogP contribution >= 0.6 is 0 Å². The van der Waals surface area contributed by atoms with Crippen molar-refractivity contribution in [1.82, 2.24) is 19.6 Å². The van der Waals surface area contributed by atoms with Gasteiger partial charge in [0, 0.05) is 51.2 Å². The topological polar surface area (TPSA) is 109 Å². The van der Waals surface area contributed by atoms with E-state index in [0.29, 0.717) is 17.2 Å². The average Bonchev–Trinajstić information content (AvgIpc) is 3.22. The predicted molar refractivity (Wildman–Crippen MR) is 158 cm³/mol. The molecule has 11 heteroatoms. The molecule has 2 aromatic carbocycles. The van der Waals surface area contributed by atoms with Gasteiger partial charge in [-0.15, -0.1) is 0 Å². The Morgan fingerprint density at radius 1 is 1.07 bits per heavy atom. The maximum atomic E-state index is 13.2. The largest absolute Gasteiger partial charge is 0.457 e. The van der Waals surface area contributed by atoms with E-state index in [1.54, 1.807) is 28.9 Å². The number of piperidine rings is 1. The number of hydrogen-bond acceptors (Lipinski definition) is 6. The van der Waals surface area contributed by atoms with Crippen molar-refractivity contribution in [1.29, 1.82) is 0 Å². The van der Waals surface area contributed by atoms with Crippen molar-refractivity contribution in [3.63, 3.8) is 0 Å². The van der Waals surface area contributed by atoms with Gasteiger partial charge in [0.05, 0.1) is 17.6 Å². The summed E-state index contributed by atoms with van der Waals surface area (Å²) in [5, 5.41) is 7.41. The van der Waals surface area contributed by atoms with Crippen LogP contribution in [0.4, 0.5) is 16.2 Å². The Bertz CT molecular complexity index is 1360. The molecular weight excluding hydrogens is 528 g/mol. The molecule has 2 amide bonds. The zero-order valence-electron chi connectivity index (χ0n) is 23.8. The van der Waals surface area contributed by atoms with E-state index in [4.69, 9.17) is 4.74 Å². The third-order valence-electron chi connectivity index (χ3n) is 6.99. The minimum absolute atomic E-state index is 0.0418. The lowest BCUT2D eigenvalue weighted by molar-refractivity contribution is 0.122. The Balaban J connectivity index is 1.28. The Morgan fingerprint density at radius 3 is 2.25 bits per heavy atom. The minimum atomic E-state index is -3.31. The Hall–Kier alpha value is -3.57. The monoisotopic (exact) mass is 568 g/mol. The quantitative estimate of drug-likeness (QED) is 0.330. The first kappa shape index (κ1) is 29.4. The SMILES string of the molecule is CCCCN(C(=O)Nc1cn(C)nc1C)C1CCN(Cc2ccc(Oc3ccc(NS(C)(=O)=O)cc3)cc2)CC1. The number of carbonyl (C=O) groups excluding carboxylic acids is 1. The smallest absolute Gasteiger partial charge is 0.322 e. The molecule has 1 aromatic heterocycles. The van der Waals surface area contributed by atoms with Gasteiger partial charge >= 0.3 is 6.03 Å². The first-order valence-corrected chi connectivity index (χ1v) is 15.6. The van der Waals surface area contributed by atoms with Crippen molar-refractivity contribution >= 4 is 27.4 Å². The van der Waals surface area contributed by atoms with Gasteiger partial charge in [0.2, 0.25) is 10.0 Å². The van der Waals surface area contributed by atoms with E-state index in [9.17, 15) is 13.2 Å². The number of anilines is 2. The third kappa shape index (κ3) is 8.46. The number of sulfonamides is 1. The summed E-state index contributed by atoms with van der Waals surface area (Å²) >= 11 is 0. The van der Waals surface area contributed by atoms with Crippen LogP contribution in [0.25, 0.3) is 0 Å². The lowest BCUT2D eigenvalue weighted by Gasteiger charge is -2.38. The standard InChI is InChI=1S/C29H40N6O4S/c1-5-6-17-35(29(36)30-28-21-33(3)31-22(28)2)25-15-18-34(19-16-25)20-23-7-11-26(12-8-23)39-27-13-9-24(10-14-27)32-40(4,37)38/h7-14,21,25,32H,5-6,15-20H2,1-4H3,(H,30,36). The van der Waals surface area contributed by atoms with Gasteiger partial charge in [-0.25, -0.2) is 13.2 Å². The first-order valence-electron chi connectivity index (χ1n) is 13.7. The highest BCUT2D eigenvalue weighted by atomic mass is 32.2. The van der Waals surface area contributed by atoms with E-state index in [2.05, 4.69) is 39.1 Å².